The molecule has 2 amide bonds. The minimum absolute atomic E-state index is 0.165. The third-order valence-electron chi connectivity index (χ3n) is 4.61. The Labute approximate surface area is 169 Å². The zero-order valence-corrected chi connectivity index (χ0v) is 16.4. The number of amides is 2. The summed E-state index contributed by atoms with van der Waals surface area (Å²) >= 11 is 0. The summed E-state index contributed by atoms with van der Waals surface area (Å²) in [6.45, 7) is 5.60. The van der Waals surface area contributed by atoms with Crippen LogP contribution in [0.3, 0.4) is 0 Å². The average Bonchev–Trinajstić information content (AvgIpc) is 2.74. The van der Waals surface area contributed by atoms with Crippen molar-refractivity contribution in [2.75, 3.05) is 50.8 Å². The zero-order valence-electron chi connectivity index (χ0n) is 16.4. The van der Waals surface area contributed by atoms with Crippen LogP contribution in [0.2, 0.25) is 0 Å². The van der Waals surface area contributed by atoms with E-state index in [1.807, 2.05) is 31.2 Å². The van der Waals surface area contributed by atoms with Crippen molar-refractivity contribution in [2.24, 2.45) is 0 Å². The molecule has 1 aliphatic heterocycles. The number of hydrogen-bond donors (Lipinski definition) is 1. The zero-order chi connectivity index (χ0) is 20.6. The van der Waals surface area contributed by atoms with Gasteiger partial charge in [-0.3, -0.25) is 0 Å². The highest BCUT2D eigenvalue weighted by Crippen LogP contribution is 2.28. The number of carbonyl (C=O) groups excluding carboxylic acids is 1. The molecule has 1 heterocycles. The summed E-state index contributed by atoms with van der Waals surface area (Å²) in [4.78, 5) is 16.3. The molecule has 0 atom stereocenters. The van der Waals surface area contributed by atoms with Gasteiger partial charge in [0.25, 0.3) is 0 Å². The highest BCUT2D eigenvalue weighted by molar-refractivity contribution is 5.74. The van der Waals surface area contributed by atoms with Crippen LogP contribution in [0.15, 0.2) is 42.5 Å². The number of piperazine rings is 1. The van der Waals surface area contributed by atoms with Gasteiger partial charge in [0, 0.05) is 32.2 Å². The van der Waals surface area contributed by atoms with Gasteiger partial charge in [-0.1, -0.05) is 12.1 Å². The highest BCUT2D eigenvalue weighted by Gasteiger charge is 2.22. The molecule has 0 spiro atoms. The number of rotatable bonds is 7. The Morgan fingerprint density at radius 3 is 2.52 bits per heavy atom. The van der Waals surface area contributed by atoms with Crippen molar-refractivity contribution in [3.8, 4) is 11.5 Å². The van der Waals surface area contributed by atoms with Crippen LogP contribution < -0.4 is 19.7 Å². The Morgan fingerprint density at radius 1 is 1.03 bits per heavy atom. The van der Waals surface area contributed by atoms with E-state index < -0.39 is 11.6 Å². The fourth-order valence-electron chi connectivity index (χ4n) is 3.15. The largest absolute Gasteiger partial charge is 0.492 e. The molecule has 29 heavy (non-hydrogen) atoms. The van der Waals surface area contributed by atoms with E-state index in [0.29, 0.717) is 32.8 Å². The molecule has 0 aliphatic carbocycles. The summed E-state index contributed by atoms with van der Waals surface area (Å²) in [6, 6.07) is 11.1. The first-order chi connectivity index (χ1) is 14.1. The molecule has 8 heteroatoms. The minimum atomic E-state index is -0.963. The topological polar surface area (TPSA) is 54.0 Å². The van der Waals surface area contributed by atoms with Crippen LogP contribution in [-0.2, 0) is 0 Å². The average molecular weight is 405 g/mol. The van der Waals surface area contributed by atoms with E-state index in [2.05, 4.69) is 10.2 Å². The lowest BCUT2D eigenvalue weighted by molar-refractivity contribution is 0.191. The second-order valence-corrected chi connectivity index (χ2v) is 6.53. The summed E-state index contributed by atoms with van der Waals surface area (Å²) in [5, 5.41) is 2.79. The number of ether oxygens (including phenoxy) is 2. The second-order valence-electron chi connectivity index (χ2n) is 6.53. The van der Waals surface area contributed by atoms with Crippen LogP contribution in [0, 0.1) is 11.6 Å². The number of hydrogen-bond acceptors (Lipinski definition) is 4. The molecule has 0 saturated carbocycles. The second kappa shape index (κ2) is 9.95. The van der Waals surface area contributed by atoms with E-state index in [1.165, 1.54) is 6.07 Å². The Morgan fingerprint density at radius 2 is 1.79 bits per heavy atom. The maximum atomic E-state index is 13.1. The fraction of sp³-hybridized carbons (Fsp3) is 0.381. The van der Waals surface area contributed by atoms with Crippen LogP contribution in [0.4, 0.5) is 19.3 Å². The van der Waals surface area contributed by atoms with E-state index in [1.54, 1.807) is 4.90 Å². The van der Waals surface area contributed by atoms with Crippen molar-refractivity contribution in [1.82, 2.24) is 10.2 Å². The van der Waals surface area contributed by atoms with E-state index in [0.717, 1.165) is 23.6 Å². The molecule has 2 aromatic carbocycles. The quantitative estimate of drug-likeness (QED) is 0.719. The first kappa shape index (κ1) is 20.7. The molecule has 1 saturated heterocycles. The molecule has 1 aliphatic rings. The standard InChI is InChI=1S/C21H25F2N3O3/c1-2-28-20-6-4-3-5-19(20)25-10-12-26(13-11-25)21(27)24-9-14-29-16-7-8-17(22)18(23)15-16/h3-8,15H,2,9-14H2,1H3,(H,24,27). The molecule has 0 bridgehead atoms. The number of anilines is 1. The predicted molar refractivity (Wildman–Crippen MR) is 107 cm³/mol. The van der Waals surface area contributed by atoms with Gasteiger partial charge >= 0.3 is 6.03 Å². The summed E-state index contributed by atoms with van der Waals surface area (Å²) in [5.74, 6) is -0.814. The van der Waals surface area contributed by atoms with Crippen molar-refractivity contribution in [3.63, 3.8) is 0 Å². The summed E-state index contributed by atoms with van der Waals surface area (Å²) in [5.41, 5.74) is 1.04. The maximum absolute atomic E-state index is 13.1. The van der Waals surface area contributed by atoms with E-state index in [9.17, 15) is 13.6 Å². The Hall–Kier alpha value is -3.03. The van der Waals surface area contributed by atoms with Crippen molar-refractivity contribution in [3.05, 3.63) is 54.1 Å². The smallest absolute Gasteiger partial charge is 0.317 e. The predicted octanol–water partition coefficient (Wildman–Crippen LogP) is 3.27. The van der Waals surface area contributed by atoms with Gasteiger partial charge in [-0.2, -0.15) is 0 Å². The van der Waals surface area contributed by atoms with Crippen molar-refractivity contribution in [2.45, 2.75) is 6.92 Å². The Bertz CT molecular complexity index is 827. The normalized spacial score (nSPS) is 13.9. The molecule has 0 radical (unpaired) electrons. The van der Waals surface area contributed by atoms with Crippen molar-refractivity contribution in [1.29, 1.82) is 0 Å². The lowest BCUT2D eigenvalue weighted by Crippen LogP contribution is -2.52. The number of carbonyl (C=O) groups is 1. The molecule has 6 nitrogen and oxygen atoms in total. The van der Waals surface area contributed by atoms with Crippen LogP contribution in [0.1, 0.15) is 6.92 Å². The van der Waals surface area contributed by atoms with Gasteiger partial charge in [-0.25, -0.2) is 13.6 Å². The minimum Gasteiger partial charge on any atom is -0.492 e. The third kappa shape index (κ3) is 5.49. The van der Waals surface area contributed by atoms with Gasteiger partial charge in [0.15, 0.2) is 11.6 Å². The Balaban J connectivity index is 1.41. The number of urea groups is 1. The molecule has 0 unspecified atom stereocenters. The lowest BCUT2D eigenvalue weighted by Gasteiger charge is -2.36. The van der Waals surface area contributed by atoms with E-state index in [-0.39, 0.29) is 24.9 Å². The lowest BCUT2D eigenvalue weighted by atomic mass is 10.2. The summed E-state index contributed by atoms with van der Waals surface area (Å²) in [7, 11) is 0. The van der Waals surface area contributed by atoms with Gasteiger partial charge < -0.3 is 24.6 Å². The number of benzene rings is 2. The molecule has 3 rings (SSSR count). The van der Waals surface area contributed by atoms with Gasteiger partial charge in [0.1, 0.15) is 18.1 Å². The van der Waals surface area contributed by atoms with Crippen LogP contribution in [-0.4, -0.2) is 56.9 Å². The summed E-state index contributed by atoms with van der Waals surface area (Å²) < 4.78 is 37.0. The van der Waals surface area contributed by atoms with Gasteiger partial charge in [0.05, 0.1) is 18.8 Å². The molecule has 1 N–H and O–H groups in total. The molecular weight excluding hydrogens is 380 g/mol. The van der Waals surface area contributed by atoms with Crippen molar-refractivity contribution < 1.29 is 23.0 Å². The van der Waals surface area contributed by atoms with Gasteiger partial charge in [-0.05, 0) is 31.2 Å². The number of para-hydroxylation sites is 2. The molecule has 156 valence electrons. The first-order valence-electron chi connectivity index (χ1n) is 9.66. The van der Waals surface area contributed by atoms with Gasteiger partial charge in [0.2, 0.25) is 0 Å². The SMILES string of the molecule is CCOc1ccccc1N1CCN(C(=O)NCCOc2ccc(F)c(F)c2)CC1. The van der Waals surface area contributed by atoms with Crippen LogP contribution >= 0.6 is 0 Å². The number of nitrogens with one attached hydrogen (secondary N) is 1. The van der Waals surface area contributed by atoms with Crippen molar-refractivity contribution >= 4 is 11.7 Å². The molecule has 0 aromatic heterocycles. The monoisotopic (exact) mass is 405 g/mol. The highest BCUT2D eigenvalue weighted by atomic mass is 19.2. The summed E-state index contributed by atoms with van der Waals surface area (Å²) in [6.07, 6.45) is 0. The fourth-order valence-corrected chi connectivity index (χ4v) is 3.15. The van der Waals surface area contributed by atoms with Crippen LogP contribution in [0.25, 0.3) is 0 Å². The maximum Gasteiger partial charge on any atom is 0.317 e. The van der Waals surface area contributed by atoms with E-state index in [4.69, 9.17) is 9.47 Å². The third-order valence-corrected chi connectivity index (χ3v) is 4.61. The van der Waals surface area contributed by atoms with E-state index >= 15 is 0 Å². The number of nitrogens with zero attached hydrogens (tertiary/aromatic N) is 2. The molecular formula is C21H25F2N3O3. The van der Waals surface area contributed by atoms with Crippen LogP contribution in [0.5, 0.6) is 11.5 Å². The Kier molecular flexibility index (Phi) is 7.10. The molecule has 2 aromatic rings. The van der Waals surface area contributed by atoms with Gasteiger partial charge in [-0.15, -0.1) is 0 Å². The first-order valence-corrected chi connectivity index (χ1v) is 9.66. The number of halogens is 2. The molecule has 1 fully saturated rings.